The van der Waals surface area contributed by atoms with Crippen molar-refractivity contribution in [3.05, 3.63) is 52.7 Å². The maximum absolute atomic E-state index is 5.59. The number of likely N-dealkylation sites (N-methyl/N-ethyl adjacent to an activating group) is 1. The zero-order valence-electron chi connectivity index (χ0n) is 10.1. The first-order chi connectivity index (χ1) is 8.88. The van der Waals surface area contributed by atoms with Gasteiger partial charge in [0.05, 0.1) is 11.3 Å². The first-order valence-electron chi connectivity index (χ1n) is 5.90. The molecule has 4 heteroatoms. The lowest BCUT2D eigenvalue weighted by atomic mass is 10.0. The van der Waals surface area contributed by atoms with Crippen LogP contribution in [0.3, 0.4) is 0 Å². The quantitative estimate of drug-likeness (QED) is 0.779. The Hall–Kier alpha value is -1.65. The number of para-hydroxylation sites is 1. The molecule has 1 N–H and O–H groups in total. The van der Waals surface area contributed by atoms with Gasteiger partial charge in [0.2, 0.25) is 0 Å². The van der Waals surface area contributed by atoms with E-state index in [1.807, 2.05) is 43.1 Å². The van der Waals surface area contributed by atoms with Gasteiger partial charge in [0.15, 0.2) is 0 Å². The fraction of sp³-hybridized carbons (Fsp3) is 0.214. The molecule has 0 radical (unpaired) electrons. The van der Waals surface area contributed by atoms with Crippen LogP contribution in [0, 0.1) is 0 Å². The third-order valence-corrected chi connectivity index (χ3v) is 3.90. The SMILES string of the molecule is CNC(Cc1nccs1)c1coc2ccccc12. The topological polar surface area (TPSA) is 38.1 Å². The predicted molar refractivity (Wildman–Crippen MR) is 73.8 cm³/mol. The van der Waals surface area contributed by atoms with Crippen molar-refractivity contribution in [3.63, 3.8) is 0 Å². The van der Waals surface area contributed by atoms with Crippen LogP contribution in [0.25, 0.3) is 11.0 Å². The van der Waals surface area contributed by atoms with Crippen molar-refractivity contribution in [2.75, 3.05) is 7.05 Å². The number of nitrogens with one attached hydrogen (secondary N) is 1. The number of fused-ring (bicyclic) bond motifs is 1. The molecule has 0 spiro atoms. The van der Waals surface area contributed by atoms with E-state index in [1.54, 1.807) is 11.3 Å². The van der Waals surface area contributed by atoms with E-state index in [9.17, 15) is 0 Å². The average Bonchev–Trinajstić information content (AvgIpc) is 3.05. The zero-order chi connectivity index (χ0) is 12.4. The second-order valence-corrected chi connectivity index (χ2v) is 5.14. The molecule has 0 aliphatic heterocycles. The number of benzene rings is 1. The summed E-state index contributed by atoms with van der Waals surface area (Å²) in [4.78, 5) is 4.34. The first kappa shape index (κ1) is 11.4. The predicted octanol–water partition coefficient (Wildman–Crippen LogP) is 3.39. The summed E-state index contributed by atoms with van der Waals surface area (Å²) < 4.78 is 5.59. The molecule has 0 saturated heterocycles. The Bertz CT molecular complexity index is 630. The van der Waals surface area contributed by atoms with Gasteiger partial charge in [0.25, 0.3) is 0 Å². The van der Waals surface area contributed by atoms with Gasteiger partial charge in [-0.05, 0) is 13.1 Å². The number of thiazole rings is 1. The summed E-state index contributed by atoms with van der Waals surface area (Å²) in [5, 5.41) is 7.66. The highest BCUT2D eigenvalue weighted by Crippen LogP contribution is 2.28. The fourth-order valence-electron chi connectivity index (χ4n) is 2.16. The first-order valence-corrected chi connectivity index (χ1v) is 6.78. The Balaban J connectivity index is 1.96. The zero-order valence-corrected chi connectivity index (χ0v) is 10.9. The van der Waals surface area contributed by atoms with Crippen LogP contribution in [-0.2, 0) is 6.42 Å². The van der Waals surface area contributed by atoms with E-state index >= 15 is 0 Å². The molecule has 18 heavy (non-hydrogen) atoms. The van der Waals surface area contributed by atoms with Crippen molar-refractivity contribution in [1.82, 2.24) is 10.3 Å². The highest BCUT2D eigenvalue weighted by atomic mass is 32.1. The number of rotatable bonds is 4. The summed E-state index contributed by atoms with van der Waals surface area (Å²) in [5.74, 6) is 0. The van der Waals surface area contributed by atoms with Gasteiger partial charge in [-0.25, -0.2) is 4.98 Å². The van der Waals surface area contributed by atoms with Gasteiger partial charge >= 0.3 is 0 Å². The lowest BCUT2D eigenvalue weighted by Crippen LogP contribution is -2.18. The summed E-state index contributed by atoms with van der Waals surface area (Å²) in [6.07, 6.45) is 4.58. The van der Waals surface area contributed by atoms with Gasteiger partial charge in [-0.1, -0.05) is 18.2 Å². The summed E-state index contributed by atoms with van der Waals surface area (Å²) in [6.45, 7) is 0. The third kappa shape index (κ3) is 2.05. The van der Waals surface area contributed by atoms with Crippen LogP contribution >= 0.6 is 11.3 Å². The number of hydrogen-bond donors (Lipinski definition) is 1. The molecule has 2 aromatic heterocycles. The largest absolute Gasteiger partial charge is 0.464 e. The Kier molecular flexibility index (Phi) is 3.13. The molecule has 3 aromatic rings. The van der Waals surface area contributed by atoms with Crippen LogP contribution in [-0.4, -0.2) is 12.0 Å². The lowest BCUT2D eigenvalue weighted by molar-refractivity contribution is 0.562. The molecule has 0 fully saturated rings. The molecular weight excluding hydrogens is 244 g/mol. The highest BCUT2D eigenvalue weighted by molar-refractivity contribution is 7.09. The maximum atomic E-state index is 5.59. The number of aromatic nitrogens is 1. The van der Waals surface area contributed by atoms with Crippen molar-refractivity contribution in [3.8, 4) is 0 Å². The average molecular weight is 258 g/mol. The summed E-state index contributed by atoms with van der Waals surface area (Å²) in [5.41, 5.74) is 2.13. The molecule has 1 aromatic carbocycles. The normalized spacial score (nSPS) is 12.9. The molecule has 2 heterocycles. The van der Waals surface area contributed by atoms with Gasteiger partial charge in [-0.2, -0.15) is 0 Å². The van der Waals surface area contributed by atoms with Crippen LogP contribution < -0.4 is 5.32 Å². The Morgan fingerprint density at radius 1 is 1.39 bits per heavy atom. The Morgan fingerprint density at radius 3 is 3.06 bits per heavy atom. The minimum Gasteiger partial charge on any atom is -0.464 e. The number of nitrogens with zero attached hydrogens (tertiary/aromatic N) is 1. The van der Waals surface area contributed by atoms with E-state index in [0.29, 0.717) is 0 Å². The third-order valence-electron chi connectivity index (χ3n) is 3.10. The van der Waals surface area contributed by atoms with Crippen molar-refractivity contribution in [2.24, 2.45) is 0 Å². The molecule has 0 aliphatic rings. The van der Waals surface area contributed by atoms with Crippen LogP contribution in [0.2, 0.25) is 0 Å². The minimum atomic E-state index is 0.236. The summed E-state index contributed by atoms with van der Waals surface area (Å²) >= 11 is 1.69. The standard InChI is InChI=1S/C14H14N2OS/c1-15-12(8-14-16-6-7-18-14)11-9-17-13-5-3-2-4-10(11)13/h2-7,9,12,15H,8H2,1H3. The van der Waals surface area contributed by atoms with Crippen molar-refractivity contribution in [1.29, 1.82) is 0 Å². The van der Waals surface area contributed by atoms with Gasteiger partial charge in [-0.3, -0.25) is 0 Å². The number of hydrogen-bond acceptors (Lipinski definition) is 4. The molecule has 0 saturated carbocycles. The molecular formula is C14H14N2OS. The van der Waals surface area contributed by atoms with E-state index in [4.69, 9.17) is 4.42 Å². The van der Waals surface area contributed by atoms with Crippen molar-refractivity contribution in [2.45, 2.75) is 12.5 Å². The molecule has 1 unspecified atom stereocenters. The minimum absolute atomic E-state index is 0.236. The van der Waals surface area contributed by atoms with Gasteiger partial charge < -0.3 is 9.73 Å². The number of furan rings is 1. The summed E-state index contributed by atoms with van der Waals surface area (Å²) in [6, 6.07) is 8.36. The van der Waals surface area contributed by atoms with E-state index in [1.165, 1.54) is 10.9 Å². The molecule has 0 bridgehead atoms. The van der Waals surface area contributed by atoms with Crippen LogP contribution in [0.4, 0.5) is 0 Å². The molecule has 3 nitrogen and oxygen atoms in total. The van der Waals surface area contributed by atoms with Gasteiger partial charge in [0.1, 0.15) is 5.58 Å². The molecule has 3 rings (SSSR count). The van der Waals surface area contributed by atoms with Crippen LogP contribution in [0.1, 0.15) is 16.6 Å². The van der Waals surface area contributed by atoms with E-state index < -0.39 is 0 Å². The van der Waals surface area contributed by atoms with Crippen LogP contribution in [0.15, 0.2) is 46.5 Å². The fourth-order valence-corrected chi connectivity index (χ4v) is 2.83. The second kappa shape index (κ2) is 4.92. The van der Waals surface area contributed by atoms with Crippen molar-refractivity contribution >= 4 is 22.3 Å². The van der Waals surface area contributed by atoms with Gasteiger partial charge in [-0.15, -0.1) is 11.3 Å². The second-order valence-electron chi connectivity index (χ2n) is 4.16. The van der Waals surface area contributed by atoms with Crippen molar-refractivity contribution < 1.29 is 4.42 Å². The highest BCUT2D eigenvalue weighted by Gasteiger charge is 2.16. The summed E-state index contributed by atoms with van der Waals surface area (Å²) in [7, 11) is 1.97. The van der Waals surface area contributed by atoms with Crippen LogP contribution in [0.5, 0.6) is 0 Å². The van der Waals surface area contributed by atoms with E-state index in [-0.39, 0.29) is 6.04 Å². The molecule has 0 amide bonds. The van der Waals surface area contributed by atoms with E-state index in [0.717, 1.165) is 17.0 Å². The Morgan fingerprint density at radius 2 is 2.28 bits per heavy atom. The maximum Gasteiger partial charge on any atom is 0.134 e. The smallest absolute Gasteiger partial charge is 0.134 e. The monoisotopic (exact) mass is 258 g/mol. The van der Waals surface area contributed by atoms with E-state index in [2.05, 4.69) is 16.4 Å². The Labute approximate surface area is 109 Å². The molecule has 1 atom stereocenters. The lowest BCUT2D eigenvalue weighted by Gasteiger charge is -2.13. The molecule has 92 valence electrons. The molecule has 0 aliphatic carbocycles. The van der Waals surface area contributed by atoms with Gasteiger partial charge in [0, 0.05) is 35.0 Å².